The van der Waals surface area contributed by atoms with Gasteiger partial charge in [-0.3, -0.25) is 19.3 Å². The first-order valence-electron chi connectivity index (χ1n) is 7.96. The number of morpholine rings is 1. The van der Waals surface area contributed by atoms with Gasteiger partial charge in [0.1, 0.15) is 12.3 Å². The van der Waals surface area contributed by atoms with E-state index in [1.165, 1.54) is 11.8 Å². The summed E-state index contributed by atoms with van der Waals surface area (Å²) in [6, 6.07) is 4.93. The van der Waals surface area contributed by atoms with E-state index in [9.17, 15) is 14.4 Å². The molecule has 1 atom stereocenters. The number of rotatable bonds is 3. The molecule has 2 heterocycles. The number of hydrogen-bond donors (Lipinski definition) is 0. The molecule has 1 aromatic carbocycles. The van der Waals surface area contributed by atoms with Crippen molar-refractivity contribution in [1.82, 2.24) is 4.90 Å². The quantitative estimate of drug-likeness (QED) is 0.768. The summed E-state index contributed by atoms with van der Waals surface area (Å²) in [6.07, 6.45) is -0.668. The minimum Gasteiger partial charge on any atom is -0.479 e. The first-order chi connectivity index (χ1) is 11.5. The highest BCUT2D eigenvalue weighted by Crippen LogP contribution is 2.35. The second-order valence-electron chi connectivity index (χ2n) is 5.92. The van der Waals surface area contributed by atoms with Crippen LogP contribution in [0.25, 0.3) is 0 Å². The van der Waals surface area contributed by atoms with Gasteiger partial charge in [0.2, 0.25) is 5.91 Å². The maximum atomic E-state index is 12.5. The fourth-order valence-electron chi connectivity index (χ4n) is 2.84. The summed E-state index contributed by atoms with van der Waals surface area (Å²) in [7, 11) is 0. The maximum absolute atomic E-state index is 12.5. The predicted octanol–water partition coefficient (Wildman–Crippen LogP) is 0.862. The molecule has 1 aromatic rings. The molecule has 0 N–H and O–H groups in total. The second-order valence-corrected chi connectivity index (χ2v) is 5.92. The number of ketones is 1. The minimum atomic E-state index is -0.668. The van der Waals surface area contributed by atoms with Gasteiger partial charge in [0.25, 0.3) is 5.91 Å². The van der Waals surface area contributed by atoms with Crippen molar-refractivity contribution in [2.45, 2.75) is 20.0 Å². The van der Waals surface area contributed by atoms with Crippen LogP contribution in [-0.2, 0) is 14.3 Å². The van der Waals surface area contributed by atoms with Crippen LogP contribution in [0.1, 0.15) is 24.2 Å². The molecule has 7 nitrogen and oxygen atoms in total. The first kappa shape index (κ1) is 16.4. The molecule has 24 heavy (non-hydrogen) atoms. The van der Waals surface area contributed by atoms with Gasteiger partial charge in [-0.25, -0.2) is 0 Å². The molecule has 128 valence electrons. The number of amides is 2. The number of fused-ring (bicyclic) bond motifs is 1. The van der Waals surface area contributed by atoms with Crippen LogP contribution in [0.2, 0.25) is 0 Å². The van der Waals surface area contributed by atoms with E-state index in [1.807, 2.05) is 0 Å². The molecule has 1 saturated heterocycles. The number of Topliss-reactive ketones (excluding diaryl/α,β-unsaturated/α-hetero) is 1. The molecule has 0 bridgehead atoms. The third kappa shape index (κ3) is 3.12. The Morgan fingerprint density at radius 2 is 1.96 bits per heavy atom. The Balaban J connectivity index is 1.88. The molecule has 2 aliphatic heterocycles. The lowest BCUT2D eigenvalue weighted by Crippen LogP contribution is -2.51. The SMILES string of the molecule is CC(=O)c1ccc2c(c1)N(CC(=O)N1CCOCC1)C(=O)[C@@H](C)O2. The van der Waals surface area contributed by atoms with E-state index >= 15 is 0 Å². The summed E-state index contributed by atoms with van der Waals surface area (Å²) in [4.78, 5) is 39.7. The largest absolute Gasteiger partial charge is 0.479 e. The third-order valence-corrected chi connectivity index (χ3v) is 4.23. The minimum absolute atomic E-state index is 0.0686. The highest BCUT2D eigenvalue weighted by atomic mass is 16.5. The molecule has 0 aliphatic carbocycles. The molecule has 7 heteroatoms. The molecule has 3 rings (SSSR count). The molecule has 0 unspecified atom stereocenters. The first-order valence-corrected chi connectivity index (χ1v) is 7.96. The summed E-state index contributed by atoms with van der Waals surface area (Å²) >= 11 is 0. The molecule has 0 aromatic heterocycles. The van der Waals surface area contributed by atoms with Crippen molar-refractivity contribution >= 4 is 23.3 Å². The molecule has 0 spiro atoms. The number of hydrogen-bond acceptors (Lipinski definition) is 5. The molecule has 0 saturated carbocycles. The van der Waals surface area contributed by atoms with E-state index in [0.717, 1.165) is 0 Å². The average Bonchev–Trinajstić information content (AvgIpc) is 2.59. The van der Waals surface area contributed by atoms with Crippen LogP contribution < -0.4 is 9.64 Å². The molecule has 2 aliphatic rings. The van der Waals surface area contributed by atoms with Crippen molar-refractivity contribution in [1.29, 1.82) is 0 Å². The van der Waals surface area contributed by atoms with Crippen molar-refractivity contribution in [3.05, 3.63) is 23.8 Å². The van der Waals surface area contributed by atoms with E-state index in [1.54, 1.807) is 30.0 Å². The van der Waals surface area contributed by atoms with Crippen molar-refractivity contribution < 1.29 is 23.9 Å². The Morgan fingerprint density at radius 1 is 1.25 bits per heavy atom. The van der Waals surface area contributed by atoms with Crippen LogP contribution in [0.15, 0.2) is 18.2 Å². The van der Waals surface area contributed by atoms with E-state index in [2.05, 4.69) is 0 Å². The maximum Gasteiger partial charge on any atom is 0.268 e. The molecule has 0 radical (unpaired) electrons. The number of carbonyl (C=O) groups is 3. The van der Waals surface area contributed by atoms with Crippen LogP contribution in [0.5, 0.6) is 5.75 Å². The van der Waals surface area contributed by atoms with Gasteiger partial charge in [-0.15, -0.1) is 0 Å². The number of ether oxygens (including phenoxy) is 2. The lowest BCUT2D eigenvalue weighted by atomic mass is 10.1. The van der Waals surface area contributed by atoms with Crippen LogP contribution in [0.4, 0.5) is 5.69 Å². The number of nitrogens with zero attached hydrogens (tertiary/aromatic N) is 2. The summed E-state index contributed by atoms with van der Waals surface area (Å²) < 4.78 is 10.8. The summed E-state index contributed by atoms with van der Waals surface area (Å²) in [5.74, 6) is -0.0325. The van der Waals surface area contributed by atoms with Crippen molar-refractivity contribution in [2.75, 3.05) is 37.7 Å². The smallest absolute Gasteiger partial charge is 0.268 e. The monoisotopic (exact) mass is 332 g/mol. The lowest BCUT2D eigenvalue weighted by Gasteiger charge is -2.35. The Kier molecular flexibility index (Phi) is 4.53. The second kappa shape index (κ2) is 6.60. The highest BCUT2D eigenvalue weighted by molar-refractivity contribution is 6.05. The van der Waals surface area contributed by atoms with Crippen molar-refractivity contribution in [2.24, 2.45) is 0 Å². The van der Waals surface area contributed by atoms with Gasteiger partial charge >= 0.3 is 0 Å². The highest BCUT2D eigenvalue weighted by Gasteiger charge is 2.34. The van der Waals surface area contributed by atoms with Crippen LogP contribution in [-0.4, -0.2) is 61.4 Å². The fraction of sp³-hybridized carbons (Fsp3) is 0.471. The van der Waals surface area contributed by atoms with E-state index in [0.29, 0.717) is 43.3 Å². The Hall–Kier alpha value is -2.41. The zero-order chi connectivity index (χ0) is 17.3. The molecular weight excluding hydrogens is 312 g/mol. The molecular formula is C17H20N2O5. The predicted molar refractivity (Wildman–Crippen MR) is 86.3 cm³/mol. The van der Waals surface area contributed by atoms with Crippen molar-refractivity contribution in [3.63, 3.8) is 0 Å². The standard InChI is InChI=1S/C17H20N2O5/c1-11(20)13-3-4-15-14(9-13)19(17(22)12(2)24-15)10-16(21)18-5-7-23-8-6-18/h3-4,9,12H,5-8,10H2,1-2H3/t12-/m1/s1. The van der Waals surface area contributed by atoms with E-state index in [-0.39, 0.29) is 24.1 Å². The summed E-state index contributed by atoms with van der Waals surface area (Å²) in [6.45, 7) is 5.09. The van der Waals surface area contributed by atoms with Gasteiger partial charge < -0.3 is 14.4 Å². The van der Waals surface area contributed by atoms with Gasteiger partial charge in [-0.2, -0.15) is 0 Å². The zero-order valence-electron chi connectivity index (χ0n) is 13.8. The van der Waals surface area contributed by atoms with Gasteiger partial charge in [-0.05, 0) is 32.0 Å². The van der Waals surface area contributed by atoms with Gasteiger partial charge in [0.05, 0.1) is 18.9 Å². The fourth-order valence-corrected chi connectivity index (χ4v) is 2.84. The lowest BCUT2D eigenvalue weighted by molar-refractivity contribution is -0.136. The Bertz CT molecular complexity index is 682. The van der Waals surface area contributed by atoms with Gasteiger partial charge in [0, 0.05) is 18.7 Å². The number of benzene rings is 1. The molecule has 1 fully saturated rings. The van der Waals surface area contributed by atoms with Gasteiger partial charge in [-0.1, -0.05) is 0 Å². The molecule has 2 amide bonds. The van der Waals surface area contributed by atoms with Crippen molar-refractivity contribution in [3.8, 4) is 5.75 Å². The van der Waals surface area contributed by atoms with Crippen LogP contribution in [0.3, 0.4) is 0 Å². The Labute approximate surface area is 140 Å². The topological polar surface area (TPSA) is 76.2 Å². The van der Waals surface area contributed by atoms with Crippen LogP contribution in [0, 0.1) is 0 Å². The summed E-state index contributed by atoms with van der Waals surface area (Å²) in [5.41, 5.74) is 0.941. The van der Waals surface area contributed by atoms with Gasteiger partial charge in [0.15, 0.2) is 11.9 Å². The normalized spacial score (nSPS) is 20.4. The van der Waals surface area contributed by atoms with E-state index < -0.39 is 6.10 Å². The summed E-state index contributed by atoms with van der Waals surface area (Å²) in [5, 5.41) is 0. The zero-order valence-corrected chi connectivity index (χ0v) is 13.8. The Morgan fingerprint density at radius 3 is 2.62 bits per heavy atom. The third-order valence-electron chi connectivity index (χ3n) is 4.23. The number of anilines is 1. The average molecular weight is 332 g/mol. The number of carbonyl (C=O) groups excluding carboxylic acids is 3. The van der Waals surface area contributed by atoms with E-state index in [4.69, 9.17) is 9.47 Å². The van der Waals surface area contributed by atoms with Crippen LogP contribution >= 0.6 is 0 Å².